The van der Waals surface area contributed by atoms with Crippen LogP contribution in [0.3, 0.4) is 0 Å². The van der Waals surface area contributed by atoms with E-state index in [2.05, 4.69) is 33.8 Å². The third kappa shape index (κ3) is 3.41. The summed E-state index contributed by atoms with van der Waals surface area (Å²) in [4.78, 5) is 8.29. The zero-order chi connectivity index (χ0) is 10.4. The molecule has 14 heavy (non-hydrogen) atoms. The van der Waals surface area contributed by atoms with Gasteiger partial charge in [0.15, 0.2) is 0 Å². The Morgan fingerprint density at radius 2 is 2.36 bits per heavy atom. The fourth-order valence-corrected chi connectivity index (χ4v) is 1.16. The summed E-state index contributed by atoms with van der Waals surface area (Å²) in [5.74, 6) is 1.51. The highest BCUT2D eigenvalue weighted by atomic mass is 32.2. The van der Waals surface area contributed by atoms with Crippen LogP contribution in [0, 0.1) is 0 Å². The second-order valence-electron chi connectivity index (χ2n) is 2.94. The van der Waals surface area contributed by atoms with Gasteiger partial charge in [-0.05, 0) is 12.3 Å². The first kappa shape index (κ1) is 11.1. The molecule has 0 aromatic carbocycles. The molecule has 0 saturated carbocycles. The van der Waals surface area contributed by atoms with Crippen LogP contribution in [-0.2, 0) is 0 Å². The summed E-state index contributed by atoms with van der Waals surface area (Å²) < 4.78 is 0. The van der Waals surface area contributed by atoms with E-state index in [0.717, 1.165) is 12.4 Å². The highest BCUT2D eigenvalue weighted by Gasteiger charge is 2.00. The molecule has 5 heteroatoms. The number of nitrogens with one attached hydrogen (secondary N) is 2. The zero-order valence-corrected chi connectivity index (χ0v) is 9.56. The first-order chi connectivity index (χ1) is 6.76. The molecule has 0 bridgehead atoms. The topological polar surface area (TPSA) is 49.8 Å². The average Bonchev–Trinajstić information content (AvgIpc) is 2.26. The summed E-state index contributed by atoms with van der Waals surface area (Å²) in [5.41, 5.74) is 0. The molecule has 0 aliphatic carbocycles. The third-order valence-electron chi connectivity index (χ3n) is 1.85. The minimum atomic E-state index is 0.586. The van der Waals surface area contributed by atoms with Crippen molar-refractivity contribution in [1.82, 2.24) is 9.97 Å². The maximum absolute atomic E-state index is 4.25. The van der Waals surface area contributed by atoms with Crippen LogP contribution >= 0.6 is 11.8 Å². The van der Waals surface area contributed by atoms with Crippen molar-refractivity contribution in [1.29, 1.82) is 0 Å². The summed E-state index contributed by atoms with van der Waals surface area (Å²) in [5, 5.41) is 6.75. The van der Waals surface area contributed by atoms with Crippen molar-refractivity contribution in [2.45, 2.75) is 12.2 Å². The molecule has 78 valence electrons. The molecule has 1 unspecified atom stereocenters. The van der Waals surface area contributed by atoms with E-state index in [1.54, 1.807) is 6.20 Å². The molecule has 1 heterocycles. The standard InChI is InChI=1S/C9H16N4S/c1-7(14-3)6-12-8-4-5-11-9(10-2)13-8/h4-5,7H,6H2,1-3H3,(H2,10,11,12,13). The van der Waals surface area contributed by atoms with Gasteiger partial charge in [-0.3, -0.25) is 0 Å². The van der Waals surface area contributed by atoms with E-state index in [1.165, 1.54) is 0 Å². The third-order valence-corrected chi connectivity index (χ3v) is 2.82. The highest BCUT2D eigenvalue weighted by Crippen LogP contribution is 2.08. The van der Waals surface area contributed by atoms with E-state index in [0.29, 0.717) is 11.2 Å². The highest BCUT2D eigenvalue weighted by molar-refractivity contribution is 7.99. The molecule has 0 aliphatic rings. The molecule has 0 fully saturated rings. The van der Waals surface area contributed by atoms with E-state index in [1.807, 2.05) is 24.9 Å². The molecular weight excluding hydrogens is 196 g/mol. The van der Waals surface area contributed by atoms with Gasteiger partial charge in [0.25, 0.3) is 0 Å². The summed E-state index contributed by atoms with van der Waals surface area (Å²) in [6.07, 6.45) is 3.84. The van der Waals surface area contributed by atoms with E-state index < -0.39 is 0 Å². The van der Waals surface area contributed by atoms with Gasteiger partial charge >= 0.3 is 0 Å². The number of thioether (sulfide) groups is 1. The Morgan fingerprint density at radius 1 is 1.57 bits per heavy atom. The predicted molar refractivity (Wildman–Crippen MR) is 63.0 cm³/mol. The van der Waals surface area contributed by atoms with Gasteiger partial charge in [-0.2, -0.15) is 16.7 Å². The Bertz CT molecular complexity index is 279. The molecule has 0 aliphatic heterocycles. The van der Waals surface area contributed by atoms with Crippen LogP contribution in [0.2, 0.25) is 0 Å². The van der Waals surface area contributed by atoms with Gasteiger partial charge in [0.1, 0.15) is 5.82 Å². The van der Waals surface area contributed by atoms with Gasteiger partial charge in [0.05, 0.1) is 0 Å². The molecule has 0 saturated heterocycles. The fourth-order valence-electron chi connectivity index (χ4n) is 0.909. The van der Waals surface area contributed by atoms with Gasteiger partial charge in [-0.1, -0.05) is 6.92 Å². The maximum Gasteiger partial charge on any atom is 0.224 e. The number of aromatic nitrogens is 2. The lowest BCUT2D eigenvalue weighted by molar-refractivity contribution is 0.986. The number of rotatable bonds is 5. The van der Waals surface area contributed by atoms with Crippen molar-refractivity contribution in [3.63, 3.8) is 0 Å². The van der Waals surface area contributed by atoms with Gasteiger partial charge in [0.2, 0.25) is 5.95 Å². The van der Waals surface area contributed by atoms with Gasteiger partial charge < -0.3 is 10.6 Å². The normalized spacial score (nSPS) is 12.2. The summed E-state index contributed by atoms with van der Waals surface area (Å²) in [6, 6.07) is 1.87. The molecule has 0 spiro atoms. The predicted octanol–water partition coefficient (Wildman–Crippen LogP) is 1.68. The second-order valence-corrected chi connectivity index (χ2v) is 4.22. The monoisotopic (exact) mass is 212 g/mol. The van der Waals surface area contributed by atoms with Gasteiger partial charge in [0, 0.05) is 25.0 Å². The van der Waals surface area contributed by atoms with E-state index in [9.17, 15) is 0 Å². The van der Waals surface area contributed by atoms with Crippen LogP contribution in [0.25, 0.3) is 0 Å². The van der Waals surface area contributed by atoms with Crippen LogP contribution in [-0.4, -0.2) is 35.1 Å². The van der Waals surface area contributed by atoms with Gasteiger partial charge in [-0.15, -0.1) is 0 Å². The van der Waals surface area contributed by atoms with E-state index in [4.69, 9.17) is 0 Å². The lowest BCUT2D eigenvalue weighted by atomic mass is 10.4. The van der Waals surface area contributed by atoms with Crippen molar-refractivity contribution < 1.29 is 0 Å². The second kappa shape index (κ2) is 5.70. The first-order valence-corrected chi connectivity index (χ1v) is 5.82. The largest absolute Gasteiger partial charge is 0.369 e. The molecule has 1 aromatic rings. The minimum Gasteiger partial charge on any atom is -0.369 e. The Labute approximate surface area is 88.9 Å². The zero-order valence-electron chi connectivity index (χ0n) is 8.74. The van der Waals surface area contributed by atoms with E-state index >= 15 is 0 Å². The lowest BCUT2D eigenvalue weighted by Crippen LogP contribution is -2.13. The van der Waals surface area contributed by atoms with Gasteiger partial charge in [-0.25, -0.2) is 4.98 Å². The number of hydrogen-bond donors (Lipinski definition) is 2. The molecule has 4 nitrogen and oxygen atoms in total. The smallest absolute Gasteiger partial charge is 0.224 e. The van der Waals surface area contributed by atoms with Crippen LogP contribution in [0.15, 0.2) is 12.3 Å². The Hall–Kier alpha value is -0.970. The Kier molecular flexibility index (Phi) is 4.52. The van der Waals surface area contributed by atoms with Crippen molar-refractivity contribution in [2.75, 3.05) is 30.5 Å². The molecule has 2 N–H and O–H groups in total. The Morgan fingerprint density at radius 3 is 3.00 bits per heavy atom. The summed E-state index contributed by atoms with van der Waals surface area (Å²) in [7, 11) is 1.81. The van der Waals surface area contributed by atoms with Crippen molar-refractivity contribution in [2.24, 2.45) is 0 Å². The molecule has 1 aromatic heterocycles. The fraction of sp³-hybridized carbons (Fsp3) is 0.556. The van der Waals surface area contributed by atoms with Crippen molar-refractivity contribution in [3.8, 4) is 0 Å². The molecule has 0 amide bonds. The quantitative estimate of drug-likeness (QED) is 0.777. The molecule has 0 radical (unpaired) electrons. The number of nitrogens with zero attached hydrogens (tertiary/aromatic N) is 2. The summed E-state index contributed by atoms with van der Waals surface area (Å²) >= 11 is 1.83. The van der Waals surface area contributed by atoms with Crippen molar-refractivity contribution >= 4 is 23.5 Å². The summed E-state index contributed by atoms with van der Waals surface area (Å²) in [6.45, 7) is 3.10. The molecule has 1 rings (SSSR count). The van der Waals surface area contributed by atoms with Crippen LogP contribution in [0.5, 0.6) is 0 Å². The molecular formula is C9H16N4S. The van der Waals surface area contributed by atoms with E-state index in [-0.39, 0.29) is 0 Å². The average molecular weight is 212 g/mol. The van der Waals surface area contributed by atoms with Crippen LogP contribution in [0.1, 0.15) is 6.92 Å². The maximum atomic E-state index is 4.25. The van der Waals surface area contributed by atoms with Crippen molar-refractivity contribution in [3.05, 3.63) is 12.3 Å². The molecule has 1 atom stereocenters. The van der Waals surface area contributed by atoms with Crippen LogP contribution < -0.4 is 10.6 Å². The number of hydrogen-bond acceptors (Lipinski definition) is 5. The van der Waals surface area contributed by atoms with Crippen LogP contribution in [0.4, 0.5) is 11.8 Å². The first-order valence-electron chi connectivity index (χ1n) is 4.53. The minimum absolute atomic E-state index is 0.586. The lowest BCUT2D eigenvalue weighted by Gasteiger charge is -2.10. The number of anilines is 2. The SMILES string of the molecule is CNc1nccc(NCC(C)SC)n1. The Balaban J connectivity index is 2.50.